The van der Waals surface area contributed by atoms with Crippen molar-refractivity contribution in [1.82, 2.24) is 9.55 Å². The Morgan fingerprint density at radius 1 is 1.33 bits per heavy atom. The molecule has 0 aliphatic heterocycles. The van der Waals surface area contributed by atoms with Gasteiger partial charge in [0, 0.05) is 18.9 Å². The Morgan fingerprint density at radius 3 is 2.71 bits per heavy atom. The van der Waals surface area contributed by atoms with Gasteiger partial charge >= 0.3 is 0 Å². The van der Waals surface area contributed by atoms with Gasteiger partial charge in [-0.2, -0.15) is 0 Å². The van der Waals surface area contributed by atoms with Crippen molar-refractivity contribution >= 4 is 15.9 Å². The van der Waals surface area contributed by atoms with Gasteiger partial charge in [0.05, 0.1) is 5.75 Å². The summed E-state index contributed by atoms with van der Waals surface area (Å²) in [6.45, 7) is 5.83. The fraction of sp³-hybridized carbons (Fsp3) is 0.200. The molecule has 0 unspecified atom stereocenters. The van der Waals surface area contributed by atoms with E-state index in [4.69, 9.17) is 0 Å². The third kappa shape index (κ3) is 3.11. The maximum Gasteiger partial charge on any atom is 0.288 e. The average molecular weight is 304 g/mol. The van der Waals surface area contributed by atoms with Gasteiger partial charge in [0.1, 0.15) is 0 Å². The topological polar surface area (TPSA) is 69.0 Å². The van der Waals surface area contributed by atoms with E-state index in [2.05, 4.69) is 11.6 Å². The van der Waals surface area contributed by atoms with Crippen molar-refractivity contribution in [2.45, 2.75) is 24.2 Å². The van der Waals surface area contributed by atoms with Crippen LogP contribution in [-0.4, -0.2) is 18.0 Å². The predicted molar refractivity (Wildman–Crippen MR) is 81.6 cm³/mol. The van der Waals surface area contributed by atoms with Crippen molar-refractivity contribution in [1.29, 1.82) is 0 Å². The van der Waals surface area contributed by atoms with Crippen LogP contribution in [0.15, 0.2) is 53.1 Å². The molecule has 0 amide bonds. The van der Waals surface area contributed by atoms with E-state index in [9.17, 15) is 13.2 Å². The van der Waals surface area contributed by atoms with Gasteiger partial charge in [-0.1, -0.05) is 36.9 Å². The van der Waals surface area contributed by atoms with Crippen LogP contribution >= 0.6 is 0 Å². The number of nitrogens with zero attached hydrogens (tertiary/aromatic N) is 2. The maximum absolute atomic E-state index is 12.4. The quantitative estimate of drug-likeness (QED) is 0.845. The Balaban J connectivity index is 2.49. The van der Waals surface area contributed by atoms with Crippen LogP contribution in [0.3, 0.4) is 0 Å². The lowest BCUT2D eigenvalue weighted by molar-refractivity contribution is 0.583. The lowest BCUT2D eigenvalue weighted by Crippen LogP contribution is -2.27. The van der Waals surface area contributed by atoms with Gasteiger partial charge in [-0.15, -0.1) is 0 Å². The summed E-state index contributed by atoms with van der Waals surface area (Å²) in [5, 5.41) is -0.411. The summed E-state index contributed by atoms with van der Waals surface area (Å²) in [5.74, 6) is -0.273. The number of aromatic nitrogens is 2. The monoisotopic (exact) mass is 304 g/mol. The predicted octanol–water partition coefficient (Wildman–Crippen LogP) is 1.88. The minimum Gasteiger partial charge on any atom is -0.312 e. The zero-order chi connectivity index (χ0) is 15.5. The van der Waals surface area contributed by atoms with Crippen LogP contribution in [-0.2, 0) is 22.1 Å². The zero-order valence-electron chi connectivity index (χ0n) is 11.7. The van der Waals surface area contributed by atoms with Gasteiger partial charge < -0.3 is 4.57 Å². The Morgan fingerprint density at radius 2 is 2.05 bits per heavy atom. The van der Waals surface area contributed by atoms with Crippen molar-refractivity contribution in [3.63, 3.8) is 0 Å². The molecule has 0 atom stereocenters. The van der Waals surface area contributed by atoms with E-state index in [-0.39, 0.29) is 5.75 Å². The first-order valence-corrected chi connectivity index (χ1v) is 8.13. The van der Waals surface area contributed by atoms with Crippen LogP contribution in [0.1, 0.15) is 18.1 Å². The second-order valence-electron chi connectivity index (χ2n) is 4.49. The van der Waals surface area contributed by atoms with Crippen molar-refractivity contribution in [3.05, 3.63) is 64.7 Å². The van der Waals surface area contributed by atoms with Crippen LogP contribution in [0.4, 0.5) is 0 Å². The van der Waals surface area contributed by atoms with Crippen molar-refractivity contribution in [2.75, 3.05) is 0 Å². The Kier molecular flexibility index (Phi) is 4.37. The summed E-state index contributed by atoms with van der Waals surface area (Å²) in [6.07, 6.45) is 4.39. The van der Waals surface area contributed by atoms with Gasteiger partial charge in [-0.25, -0.2) is 13.4 Å². The van der Waals surface area contributed by atoms with Crippen molar-refractivity contribution in [3.8, 4) is 0 Å². The molecule has 0 aliphatic carbocycles. The van der Waals surface area contributed by atoms with Crippen LogP contribution < -0.4 is 5.56 Å². The molecule has 110 valence electrons. The fourth-order valence-electron chi connectivity index (χ4n) is 2.03. The molecule has 5 nitrogen and oxygen atoms in total. The molecule has 0 spiro atoms. The molecular weight excluding hydrogens is 288 g/mol. The third-order valence-electron chi connectivity index (χ3n) is 3.14. The summed E-state index contributed by atoms with van der Waals surface area (Å²) >= 11 is 0. The lowest BCUT2D eigenvalue weighted by atomic mass is 10.1. The minimum absolute atomic E-state index is 0.273. The van der Waals surface area contributed by atoms with E-state index in [0.29, 0.717) is 12.1 Å². The van der Waals surface area contributed by atoms with E-state index in [1.54, 1.807) is 37.3 Å². The first-order valence-electron chi connectivity index (χ1n) is 6.48. The normalized spacial score (nSPS) is 11.3. The molecule has 0 fully saturated rings. The first kappa shape index (κ1) is 15.2. The highest BCUT2D eigenvalue weighted by Crippen LogP contribution is 2.16. The van der Waals surface area contributed by atoms with Gasteiger partial charge in [-0.05, 0) is 18.1 Å². The smallest absolute Gasteiger partial charge is 0.288 e. The molecule has 0 bridgehead atoms. The van der Waals surface area contributed by atoms with Gasteiger partial charge in [0.2, 0.25) is 14.9 Å². The number of hydrogen-bond acceptors (Lipinski definition) is 4. The van der Waals surface area contributed by atoms with Gasteiger partial charge in [0.25, 0.3) is 5.56 Å². The second-order valence-corrected chi connectivity index (χ2v) is 6.39. The second kappa shape index (κ2) is 6.05. The third-order valence-corrected chi connectivity index (χ3v) is 4.70. The summed E-state index contributed by atoms with van der Waals surface area (Å²) in [5.41, 5.74) is 0.740. The van der Waals surface area contributed by atoms with E-state index >= 15 is 0 Å². The zero-order valence-corrected chi connectivity index (χ0v) is 12.5. The van der Waals surface area contributed by atoms with Gasteiger partial charge in [-0.3, -0.25) is 4.79 Å². The van der Waals surface area contributed by atoms with Crippen LogP contribution in [0.25, 0.3) is 6.08 Å². The van der Waals surface area contributed by atoms with E-state index in [1.807, 2.05) is 0 Å². The van der Waals surface area contributed by atoms with Crippen molar-refractivity contribution < 1.29 is 8.42 Å². The molecule has 2 aromatic rings. The van der Waals surface area contributed by atoms with E-state index < -0.39 is 20.4 Å². The van der Waals surface area contributed by atoms with Gasteiger partial charge in [0.15, 0.2) is 0 Å². The van der Waals surface area contributed by atoms with Crippen molar-refractivity contribution in [2.24, 2.45) is 0 Å². The Bertz CT molecular complexity index is 823. The van der Waals surface area contributed by atoms with Crippen LogP contribution in [0, 0.1) is 0 Å². The number of rotatable bonds is 5. The molecule has 1 heterocycles. The number of benzene rings is 1. The van der Waals surface area contributed by atoms with E-state index in [0.717, 1.165) is 5.56 Å². The molecule has 21 heavy (non-hydrogen) atoms. The summed E-state index contributed by atoms with van der Waals surface area (Å²) in [4.78, 5) is 15.9. The van der Waals surface area contributed by atoms with Crippen LogP contribution in [0.5, 0.6) is 0 Å². The molecule has 1 aromatic heterocycles. The molecule has 0 saturated carbocycles. The Labute approximate surface area is 123 Å². The highest BCUT2D eigenvalue weighted by atomic mass is 32.2. The molecule has 1 aromatic carbocycles. The number of aryl methyl sites for hydroxylation is 1. The summed E-state index contributed by atoms with van der Waals surface area (Å²) < 4.78 is 26.2. The largest absolute Gasteiger partial charge is 0.312 e. The molecule has 0 radical (unpaired) electrons. The molecule has 0 saturated heterocycles. The standard InChI is InChI=1S/C15H16N2O3S/c1-3-12-7-5-6-8-13(12)11-21(19,20)14-15(18)17(4-2)10-9-16-14/h3,5-10H,1,4,11H2,2H3. The average Bonchev–Trinajstić information content (AvgIpc) is 2.47. The maximum atomic E-state index is 12.4. The van der Waals surface area contributed by atoms with E-state index in [1.165, 1.54) is 17.0 Å². The highest BCUT2D eigenvalue weighted by Gasteiger charge is 2.22. The molecule has 0 aliphatic rings. The number of sulfone groups is 1. The summed E-state index contributed by atoms with van der Waals surface area (Å²) in [7, 11) is -3.80. The summed E-state index contributed by atoms with van der Waals surface area (Å²) in [6, 6.07) is 7.04. The lowest BCUT2D eigenvalue weighted by Gasteiger charge is -2.08. The van der Waals surface area contributed by atoms with Crippen LogP contribution in [0.2, 0.25) is 0 Å². The highest BCUT2D eigenvalue weighted by molar-refractivity contribution is 7.90. The first-order chi connectivity index (χ1) is 9.99. The minimum atomic E-state index is -3.80. The SMILES string of the molecule is C=Cc1ccccc1CS(=O)(=O)c1nccn(CC)c1=O. The molecule has 2 rings (SSSR count). The fourth-order valence-corrected chi connectivity index (χ4v) is 3.44. The Hall–Kier alpha value is -2.21. The molecule has 0 N–H and O–H groups in total. The molecule has 6 heteroatoms. The molecular formula is C15H16N2O3S. The number of hydrogen-bond donors (Lipinski definition) is 0.